The molecule has 3 aliphatic rings. The first-order valence-electron chi connectivity index (χ1n) is 15.9. The fraction of sp³-hybridized carbons (Fsp3) is 0.119. The molecule has 8 rings (SSSR count). The molecule has 3 heterocycles. The molecule has 0 unspecified atom stereocenters. The molecule has 4 aromatic carbocycles. The summed E-state index contributed by atoms with van der Waals surface area (Å²) in [6, 6.07) is 36.9. The van der Waals surface area contributed by atoms with Crippen LogP contribution in [0.4, 0.5) is 17.1 Å². The third-order valence-corrected chi connectivity index (χ3v) is 10.4. The molecule has 4 heteroatoms. The zero-order chi connectivity index (χ0) is 31.3. The van der Waals surface area contributed by atoms with Crippen LogP contribution >= 0.6 is 11.3 Å². The molecule has 3 nitrogen and oxygen atoms in total. The van der Waals surface area contributed by atoms with Gasteiger partial charge in [-0.05, 0) is 82.0 Å². The number of hydrogen-bond donors (Lipinski definition) is 1. The first kappa shape index (κ1) is 28.3. The number of nitrogens with zero attached hydrogens (tertiary/aromatic N) is 2. The number of nitrogens with one attached hydrogen (secondary N) is 1. The Balaban J connectivity index is 0.00000351. The number of fused-ring (bicyclic) bond motifs is 2. The van der Waals surface area contributed by atoms with E-state index in [1.807, 2.05) is 12.1 Å². The first-order chi connectivity index (χ1) is 22.5. The molecule has 0 atom stereocenters. The van der Waals surface area contributed by atoms with Gasteiger partial charge in [-0.25, -0.2) is 4.98 Å². The van der Waals surface area contributed by atoms with E-state index in [-0.39, 0.29) is 6.84 Å². The summed E-state index contributed by atoms with van der Waals surface area (Å²) in [5.41, 5.74) is 14.5. The molecule has 0 radical (unpaired) electrons. The van der Waals surface area contributed by atoms with Crippen molar-refractivity contribution in [3.05, 3.63) is 172 Å². The predicted octanol–water partition coefficient (Wildman–Crippen LogP) is 11.1. The Labute approximate surface area is 276 Å². The quantitative estimate of drug-likeness (QED) is 0.213. The van der Waals surface area contributed by atoms with E-state index < -0.39 is 0 Å². The molecule has 0 spiro atoms. The largest absolute Gasteiger partial charge is 0.383 e. The molecule has 0 amide bonds. The van der Waals surface area contributed by atoms with Crippen molar-refractivity contribution in [2.45, 2.75) is 25.7 Å². The third kappa shape index (κ3) is 4.77. The summed E-state index contributed by atoms with van der Waals surface area (Å²) in [4.78, 5) is 8.46. The van der Waals surface area contributed by atoms with Crippen molar-refractivity contribution >= 4 is 46.1 Å². The first-order valence-corrected chi connectivity index (χ1v) is 16.7. The number of para-hydroxylation sites is 2. The number of hydrogen-bond acceptors (Lipinski definition) is 4. The third-order valence-electron chi connectivity index (χ3n) is 9.36. The van der Waals surface area contributed by atoms with Crippen molar-refractivity contribution in [3.63, 3.8) is 0 Å². The lowest BCUT2D eigenvalue weighted by atomic mass is 9.73. The van der Waals surface area contributed by atoms with Gasteiger partial charge in [0.05, 0.1) is 21.9 Å². The summed E-state index contributed by atoms with van der Waals surface area (Å²) in [6.07, 6.45) is 12.0. The van der Waals surface area contributed by atoms with E-state index in [4.69, 9.17) is 4.98 Å². The van der Waals surface area contributed by atoms with Gasteiger partial charge >= 0.3 is 0 Å². The van der Waals surface area contributed by atoms with E-state index in [9.17, 15) is 0 Å². The monoisotopic (exact) mass is 615 g/mol. The second-order valence-corrected chi connectivity index (χ2v) is 13.5. The van der Waals surface area contributed by atoms with Crippen LogP contribution in [0.2, 0.25) is 0 Å². The minimum Gasteiger partial charge on any atom is -0.383 e. The maximum atomic E-state index is 4.91. The smallest absolute Gasteiger partial charge is 0.124 e. The van der Waals surface area contributed by atoms with Crippen LogP contribution in [-0.2, 0) is 5.41 Å². The van der Waals surface area contributed by atoms with Crippen molar-refractivity contribution in [3.8, 4) is 10.6 Å². The van der Waals surface area contributed by atoms with Crippen LogP contribution in [0.3, 0.4) is 0 Å². The fourth-order valence-electron chi connectivity index (χ4n) is 6.96. The van der Waals surface area contributed by atoms with Gasteiger partial charge in [-0.15, -0.1) is 11.3 Å². The zero-order valence-corrected chi connectivity index (χ0v) is 26.9. The van der Waals surface area contributed by atoms with Gasteiger partial charge in [0.1, 0.15) is 5.01 Å². The van der Waals surface area contributed by atoms with Crippen molar-refractivity contribution in [2.24, 2.45) is 0 Å². The minimum atomic E-state index is -0.156. The molecule has 0 saturated heterocycles. The van der Waals surface area contributed by atoms with Gasteiger partial charge < -0.3 is 10.2 Å². The van der Waals surface area contributed by atoms with Gasteiger partial charge in [0.2, 0.25) is 0 Å². The molecule has 0 fully saturated rings. The Kier molecular flexibility index (Phi) is 6.96. The molecule has 1 aromatic heterocycles. The highest BCUT2D eigenvalue weighted by Crippen LogP contribution is 2.52. The van der Waals surface area contributed by atoms with Crippen LogP contribution in [0.5, 0.6) is 0 Å². The van der Waals surface area contributed by atoms with Crippen LogP contribution in [0, 0.1) is 0 Å². The normalized spacial score (nSPS) is 17.1. The van der Waals surface area contributed by atoms with Crippen LogP contribution < -0.4 is 10.2 Å². The number of thiazole rings is 1. The van der Waals surface area contributed by atoms with Crippen LogP contribution in [0.1, 0.15) is 49.0 Å². The predicted molar refractivity (Wildman–Crippen MR) is 198 cm³/mol. The molecule has 1 aliphatic carbocycles. The molecule has 46 heavy (non-hydrogen) atoms. The summed E-state index contributed by atoms with van der Waals surface area (Å²) in [6.45, 7) is 9.58. The van der Waals surface area contributed by atoms with Crippen molar-refractivity contribution in [1.82, 2.24) is 10.3 Å². The Morgan fingerprint density at radius 1 is 0.870 bits per heavy atom. The number of benzene rings is 4. The minimum absolute atomic E-state index is 0. The summed E-state index contributed by atoms with van der Waals surface area (Å²) < 4.78 is 0. The van der Waals surface area contributed by atoms with Gasteiger partial charge in [0, 0.05) is 36.8 Å². The number of aromatic nitrogens is 1. The van der Waals surface area contributed by atoms with Gasteiger partial charge in [-0.2, -0.15) is 0 Å². The van der Waals surface area contributed by atoms with E-state index in [1.165, 1.54) is 56.2 Å². The topological polar surface area (TPSA) is 28.2 Å². The van der Waals surface area contributed by atoms with Gasteiger partial charge in [0.15, 0.2) is 0 Å². The maximum absolute atomic E-state index is 4.91. The van der Waals surface area contributed by atoms with E-state index >= 15 is 0 Å². The average molecular weight is 616 g/mol. The Hall–Kier alpha value is -5.19. The molecule has 1 N–H and O–H groups in total. The molecule has 5 aromatic rings. The van der Waals surface area contributed by atoms with E-state index in [0.717, 1.165) is 34.1 Å². The van der Waals surface area contributed by atoms with Crippen molar-refractivity contribution in [1.29, 1.82) is 0 Å². The molecular formula is C42H37N3S. The highest BCUT2D eigenvalue weighted by atomic mass is 32.1. The molecule has 0 bridgehead atoms. The van der Waals surface area contributed by atoms with Crippen LogP contribution in [-0.4, -0.2) is 11.5 Å². The SMILES string of the molecule is C=Cc1nc(-c2ccccc2)sc1/C=C1\CNC2=C1C=C(c1ccc3c(c1)C(C)(C)c1ccccc1N3c1ccccc1)C=CC2.[HH]. The zero-order valence-electron chi connectivity index (χ0n) is 26.1. The molecule has 226 valence electrons. The Bertz CT molecular complexity index is 2120. The Morgan fingerprint density at radius 3 is 2.41 bits per heavy atom. The van der Waals surface area contributed by atoms with E-state index in [2.05, 4.69) is 152 Å². The molecule has 2 aliphatic heterocycles. The standard InChI is InChI=1S/C42H35N3S.H2/c1-4-36-40(46-41(44-36)28-14-7-5-8-15-28)26-31-27-43-37-20-13-16-29(24-33(31)37)30-22-23-39-35(25-30)42(2,3)34-19-11-12-21-38(34)45(39)32-17-9-6-10-18-32;/h4-19,21-26,43H,1,20,27H2,2-3H3;1H/b31-26+;. The summed E-state index contributed by atoms with van der Waals surface area (Å²) >= 11 is 1.72. The number of rotatable bonds is 5. The number of anilines is 3. The Morgan fingerprint density at radius 2 is 1.61 bits per heavy atom. The second kappa shape index (κ2) is 11.3. The van der Waals surface area contributed by atoms with Crippen molar-refractivity contribution < 1.29 is 1.43 Å². The van der Waals surface area contributed by atoms with Gasteiger partial charge in [0.25, 0.3) is 0 Å². The van der Waals surface area contributed by atoms with Crippen LogP contribution in [0.15, 0.2) is 145 Å². The lowest BCUT2D eigenvalue weighted by Crippen LogP contribution is -2.30. The van der Waals surface area contributed by atoms with Gasteiger partial charge in [-0.3, -0.25) is 0 Å². The van der Waals surface area contributed by atoms with Crippen molar-refractivity contribution in [2.75, 3.05) is 11.4 Å². The second-order valence-electron chi connectivity index (χ2n) is 12.5. The molecular weight excluding hydrogens is 579 g/mol. The highest BCUT2D eigenvalue weighted by molar-refractivity contribution is 7.16. The fourth-order valence-corrected chi connectivity index (χ4v) is 8.00. The van der Waals surface area contributed by atoms with E-state index in [1.54, 1.807) is 11.3 Å². The summed E-state index contributed by atoms with van der Waals surface area (Å²) in [5.74, 6) is 0. The number of allylic oxidation sites excluding steroid dienone is 4. The van der Waals surface area contributed by atoms with E-state index in [0.29, 0.717) is 0 Å². The lowest BCUT2D eigenvalue weighted by molar-refractivity contribution is 0.631. The summed E-state index contributed by atoms with van der Waals surface area (Å²) in [5, 5.41) is 4.70. The van der Waals surface area contributed by atoms with Crippen LogP contribution in [0.25, 0.3) is 28.3 Å². The highest BCUT2D eigenvalue weighted by Gasteiger charge is 2.37. The maximum Gasteiger partial charge on any atom is 0.124 e. The van der Waals surface area contributed by atoms with Gasteiger partial charge in [-0.1, -0.05) is 105 Å². The average Bonchev–Trinajstić information content (AvgIpc) is 3.61. The lowest BCUT2D eigenvalue weighted by Gasteiger charge is -2.42. The summed E-state index contributed by atoms with van der Waals surface area (Å²) in [7, 11) is 0. The molecule has 0 saturated carbocycles.